The van der Waals surface area contributed by atoms with Gasteiger partial charge in [-0.05, 0) is 32.4 Å². The Bertz CT molecular complexity index is 505. The fraction of sp³-hybridized carbons (Fsp3) is 0.500. The highest BCUT2D eigenvalue weighted by atomic mass is 35.5. The van der Waals surface area contributed by atoms with Gasteiger partial charge < -0.3 is 16.0 Å². The van der Waals surface area contributed by atoms with E-state index in [0.29, 0.717) is 29.7 Å². The first-order chi connectivity index (χ1) is 10.6. The lowest BCUT2D eigenvalue weighted by atomic mass is 10.2. The Morgan fingerprint density at radius 3 is 2.64 bits per heavy atom. The van der Waals surface area contributed by atoms with Gasteiger partial charge in [-0.2, -0.15) is 0 Å². The number of carbonyl (C=O) groups is 1. The summed E-state index contributed by atoms with van der Waals surface area (Å²) >= 11 is 5.99. The van der Waals surface area contributed by atoms with Crippen LogP contribution in [0.5, 0.6) is 0 Å². The molecule has 0 saturated heterocycles. The Hall–Kier alpha value is -1.75. The third-order valence-corrected chi connectivity index (χ3v) is 3.46. The standard InChI is InChI=1S/C16H25ClN4O/c1-4-12(3)21-16(18-5-2)20-11-10-19-15(22)13-8-6-7-9-14(13)17/h6-9,12H,4-5,10-11H2,1-3H3,(H,19,22)(H2,18,20,21). The fourth-order valence-corrected chi connectivity index (χ4v) is 1.95. The van der Waals surface area contributed by atoms with Crippen molar-refractivity contribution in [2.75, 3.05) is 19.6 Å². The van der Waals surface area contributed by atoms with Crippen molar-refractivity contribution >= 4 is 23.5 Å². The Morgan fingerprint density at radius 2 is 2.00 bits per heavy atom. The monoisotopic (exact) mass is 324 g/mol. The summed E-state index contributed by atoms with van der Waals surface area (Å²) in [5.41, 5.74) is 0.484. The molecule has 0 spiro atoms. The lowest BCUT2D eigenvalue weighted by Crippen LogP contribution is -2.42. The zero-order valence-corrected chi connectivity index (χ0v) is 14.2. The Kier molecular flexibility index (Phi) is 8.36. The summed E-state index contributed by atoms with van der Waals surface area (Å²) in [7, 11) is 0. The molecule has 0 aliphatic carbocycles. The van der Waals surface area contributed by atoms with Gasteiger partial charge in [-0.25, -0.2) is 0 Å². The lowest BCUT2D eigenvalue weighted by Gasteiger charge is -2.16. The van der Waals surface area contributed by atoms with Crippen LogP contribution in [-0.4, -0.2) is 37.5 Å². The van der Waals surface area contributed by atoms with Crippen molar-refractivity contribution in [1.82, 2.24) is 16.0 Å². The van der Waals surface area contributed by atoms with E-state index in [1.807, 2.05) is 6.92 Å². The number of rotatable bonds is 7. The van der Waals surface area contributed by atoms with Crippen LogP contribution in [0.25, 0.3) is 0 Å². The molecule has 22 heavy (non-hydrogen) atoms. The van der Waals surface area contributed by atoms with Gasteiger partial charge in [0, 0.05) is 19.1 Å². The molecule has 0 bridgehead atoms. The summed E-state index contributed by atoms with van der Waals surface area (Å²) in [6, 6.07) is 7.35. The van der Waals surface area contributed by atoms with Gasteiger partial charge in [-0.15, -0.1) is 0 Å². The van der Waals surface area contributed by atoms with Gasteiger partial charge in [0.1, 0.15) is 0 Å². The zero-order chi connectivity index (χ0) is 16.4. The highest BCUT2D eigenvalue weighted by Gasteiger charge is 2.08. The van der Waals surface area contributed by atoms with Gasteiger partial charge in [0.15, 0.2) is 5.96 Å². The number of nitrogens with zero attached hydrogens (tertiary/aromatic N) is 1. The van der Waals surface area contributed by atoms with Crippen LogP contribution in [0.3, 0.4) is 0 Å². The summed E-state index contributed by atoms with van der Waals surface area (Å²) in [5, 5.41) is 9.76. The van der Waals surface area contributed by atoms with Crippen molar-refractivity contribution in [3.8, 4) is 0 Å². The van der Waals surface area contributed by atoms with Crippen molar-refractivity contribution in [2.45, 2.75) is 33.2 Å². The number of hydrogen-bond donors (Lipinski definition) is 3. The average molecular weight is 325 g/mol. The topological polar surface area (TPSA) is 65.5 Å². The van der Waals surface area contributed by atoms with Crippen molar-refractivity contribution in [1.29, 1.82) is 0 Å². The molecule has 0 aliphatic rings. The van der Waals surface area contributed by atoms with Crippen molar-refractivity contribution < 1.29 is 4.79 Å². The summed E-state index contributed by atoms with van der Waals surface area (Å²) in [6.45, 7) is 8.00. The van der Waals surface area contributed by atoms with E-state index in [0.717, 1.165) is 18.9 Å². The van der Waals surface area contributed by atoms with E-state index in [-0.39, 0.29) is 5.91 Å². The van der Waals surface area contributed by atoms with E-state index in [9.17, 15) is 4.79 Å². The number of benzene rings is 1. The minimum atomic E-state index is -0.180. The minimum Gasteiger partial charge on any atom is -0.357 e. The maximum atomic E-state index is 12.0. The van der Waals surface area contributed by atoms with E-state index >= 15 is 0 Å². The second-order valence-electron chi connectivity index (χ2n) is 4.95. The smallest absolute Gasteiger partial charge is 0.252 e. The Morgan fingerprint density at radius 1 is 1.27 bits per heavy atom. The van der Waals surface area contributed by atoms with Crippen LogP contribution in [0.1, 0.15) is 37.6 Å². The maximum Gasteiger partial charge on any atom is 0.252 e. The third-order valence-electron chi connectivity index (χ3n) is 3.13. The predicted octanol–water partition coefficient (Wildman–Crippen LogP) is 2.42. The van der Waals surface area contributed by atoms with Gasteiger partial charge in [-0.3, -0.25) is 9.79 Å². The molecule has 5 nitrogen and oxygen atoms in total. The quantitative estimate of drug-likeness (QED) is 0.410. The first kappa shape index (κ1) is 18.3. The summed E-state index contributed by atoms with van der Waals surface area (Å²) in [6.07, 6.45) is 1.02. The molecule has 1 rings (SSSR count). The van der Waals surface area contributed by atoms with Crippen LogP contribution in [0.2, 0.25) is 5.02 Å². The summed E-state index contributed by atoms with van der Waals surface area (Å²) in [5.74, 6) is 0.588. The Labute approximate surface area is 137 Å². The van der Waals surface area contributed by atoms with Gasteiger partial charge in [0.25, 0.3) is 5.91 Å². The normalized spacial score (nSPS) is 12.6. The molecule has 3 N–H and O–H groups in total. The SMILES string of the molecule is CCNC(=NCCNC(=O)c1ccccc1Cl)NC(C)CC. The summed E-state index contributed by atoms with van der Waals surface area (Å²) in [4.78, 5) is 16.4. The number of carbonyl (C=O) groups excluding carboxylic acids is 1. The van der Waals surface area contributed by atoms with Crippen LogP contribution >= 0.6 is 11.6 Å². The molecule has 1 atom stereocenters. The molecule has 0 aliphatic heterocycles. The van der Waals surface area contributed by atoms with Crippen molar-refractivity contribution in [3.05, 3.63) is 34.9 Å². The number of guanidine groups is 1. The van der Waals surface area contributed by atoms with E-state index in [2.05, 4.69) is 34.8 Å². The van der Waals surface area contributed by atoms with Gasteiger partial charge in [0.05, 0.1) is 17.1 Å². The van der Waals surface area contributed by atoms with Crippen molar-refractivity contribution in [3.63, 3.8) is 0 Å². The molecule has 0 fully saturated rings. The molecular weight excluding hydrogens is 300 g/mol. The maximum absolute atomic E-state index is 12.0. The van der Waals surface area contributed by atoms with Crippen LogP contribution in [0.15, 0.2) is 29.3 Å². The number of nitrogens with one attached hydrogen (secondary N) is 3. The van der Waals surface area contributed by atoms with Crippen LogP contribution in [0.4, 0.5) is 0 Å². The molecule has 1 amide bonds. The van der Waals surface area contributed by atoms with Crippen LogP contribution < -0.4 is 16.0 Å². The molecule has 0 saturated carbocycles. The second kappa shape index (κ2) is 10.1. The number of halogens is 1. The number of hydrogen-bond acceptors (Lipinski definition) is 2. The first-order valence-electron chi connectivity index (χ1n) is 7.66. The van der Waals surface area contributed by atoms with E-state index in [4.69, 9.17) is 11.6 Å². The highest BCUT2D eigenvalue weighted by Crippen LogP contribution is 2.14. The molecule has 0 aromatic heterocycles. The Balaban J connectivity index is 2.46. The average Bonchev–Trinajstić information content (AvgIpc) is 2.51. The van der Waals surface area contributed by atoms with E-state index in [1.54, 1.807) is 24.3 Å². The first-order valence-corrected chi connectivity index (χ1v) is 8.03. The van der Waals surface area contributed by atoms with Gasteiger partial charge >= 0.3 is 0 Å². The highest BCUT2D eigenvalue weighted by molar-refractivity contribution is 6.33. The molecular formula is C16H25ClN4O. The van der Waals surface area contributed by atoms with Gasteiger partial charge in [-0.1, -0.05) is 30.7 Å². The fourth-order valence-electron chi connectivity index (χ4n) is 1.73. The lowest BCUT2D eigenvalue weighted by molar-refractivity contribution is 0.0955. The molecule has 1 aromatic carbocycles. The molecule has 1 unspecified atom stereocenters. The second-order valence-corrected chi connectivity index (χ2v) is 5.36. The third kappa shape index (κ3) is 6.35. The van der Waals surface area contributed by atoms with Gasteiger partial charge in [0.2, 0.25) is 0 Å². The molecule has 0 heterocycles. The predicted molar refractivity (Wildman–Crippen MR) is 92.7 cm³/mol. The molecule has 1 aromatic rings. The molecule has 122 valence electrons. The van der Waals surface area contributed by atoms with Crippen LogP contribution in [0, 0.1) is 0 Å². The van der Waals surface area contributed by atoms with E-state index < -0.39 is 0 Å². The van der Waals surface area contributed by atoms with Crippen LogP contribution in [-0.2, 0) is 0 Å². The van der Waals surface area contributed by atoms with E-state index in [1.165, 1.54) is 0 Å². The largest absolute Gasteiger partial charge is 0.357 e. The molecule has 6 heteroatoms. The number of amides is 1. The van der Waals surface area contributed by atoms with Crippen molar-refractivity contribution in [2.24, 2.45) is 4.99 Å². The zero-order valence-electron chi connectivity index (χ0n) is 13.4. The molecule has 0 radical (unpaired) electrons. The number of aliphatic imine (C=N–C) groups is 1. The minimum absolute atomic E-state index is 0.180. The summed E-state index contributed by atoms with van der Waals surface area (Å²) < 4.78 is 0.